The molecule has 2 saturated heterocycles. The first kappa shape index (κ1) is 55.1. The molecule has 0 unspecified atom stereocenters. The van der Waals surface area contributed by atoms with Crippen LogP contribution in [0.4, 0.5) is 10.0 Å². The Labute approximate surface area is 502 Å². The van der Waals surface area contributed by atoms with E-state index in [4.69, 9.17) is 62.8 Å². The highest BCUT2D eigenvalue weighted by atomic mass is 32.2. The Hall–Kier alpha value is -7.42. The predicted molar refractivity (Wildman–Crippen MR) is 325 cm³/mol. The van der Waals surface area contributed by atoms with Crippen LogP contribution < -0.4 is 9.47 Å². The Morgan fingerprint density at radius 3 is 1.06 bits per heavy atom. The summed E-state index contributed by atoms with van der Waals surface area (Å²) in [6, 6.07) is 38.6. The lowest BCUT2D eigenvalue weighted by Crippen LogP contribution is -2.52. The number of thiophene rings is 4. The fraction of sp³-hybridized carbons (Fsp3) is 0.172. The average Bonchev–Trinajstić information content (AvgIpc) is 2.24. The summed E-state index contributed by atoms with van der Waals surface area (Å²) in [7, 11) is 0. The molecule has 2 amide bonds. The fourth-order valence-electron chi connectivity index (χ4n) is 9.31. The number of rotatable bonds is 16. The lowest BCUT2D eigenvalue weighted by molar-refractivity contribution is -0.184. The molecule has 8 heterocycles. The minimum absolute atomic E-state index is 0.00914. The number of nitrogens with zero attached hydrogens (tertiary/aromatic N) is 4. The number of amides is 2. The quantitative estimate of drug-likeness (QED) is 0.0384. The number of ether oxygens (including phenoxy) is 6. The molecule has 24 heteroatoms. The van der Waals surface area contributed by atoms with E-state index in [0.717, 1.165) is 68.9 Å². The molecular weight excluding hydrogens is 1200 g/mol. The Kier molecular flexibility index (Phi) is 15.3. The normalized spacial score (nSPS) is 16.6. The van der Waals surface area contributed by atoms with Gasteiger partial charge >= 0.3 is 35.1 Å². The summed E-state index contributed by atoms with van der Waals surface area (Å²) < 4.78 is 39.5. The van der Waals surface area contributed by atoms with Crippen molar-refractivity contribution in [2.24, 2.45) is 9.98 Å². The Morgan fingerprint density at radius 1 is 0.476 bits per heavy atom. The van der Waals surface area contributed by atoms with Crippen LogP contribution in [0.5, 0.6) is 11.5 Å². The second kappa shape index (κ2) is 22.7. The standard InChI is InChI=1S/C58H40N4O12S8/c1-3-61-49(63)47(81-55(61)75)59-37-25-35-41(77-37)43-39(57(73-35,51(65)69-27-31-17-9-5-10-18-31)52(66)70-28-32-19-11-6-12-20-32)45-46(79-43)40-44(80-45)42-36(26-38(78-42)60-48-50(64)62(4-2)56(76)82-48)74-58(40,53(67)71-29-33-21-13-7-14-22-33)54(68)72-30-34-23-15-8-16-24-34/h5-26H,3-4,27-30H2,1-2H3. The van der Waals surface area contributed by atoms with Crippen molar-refractivity contribution in [1.82, 2.24) is 9.80 Å². The van der Waals surface area contributed by atoms with Crippen molar-refractivity contribution in [3.05, 3.63) is 167 Å². The summed E-state index contributed by atoms with van der Waals surface area (Å²) in [4.78, 5) is 103. The van der Waals surface area contributed by atoms with E-state index in [1.165, 1.54) is 21.9 Å². The minimum Gasteiger partial charge on any atom is -0.458 e. The molecular formula is C58H40N4O12S8. The van der Waals surface area contributed by atoms with Crippen LogP contribution in [-0.2, 0) is 85.3 Å². The molecule has 4 aromatic heterocycles. The number of thioether (sulfide) groups is 2. The first-order valence-electron chi connectivity index (χ1n) is 25.2. The van der Waals surface area contributed by atoms with E-state index < -0.39 is 46.9 Å². The number of thiocarbonyl (C=S) groups is 2. The maximum Gasteiger partial charge on any atom is 0.367 e. The summed E-state index contributed by atoms with van der Waals surface area (Å²) in [6.45, 7) is 3.10. The number of hydrogen-bond acceptors (Lipinski definition) is 22. The van der Waals surface area contributed by atoms with Crippen LogP contribution in [0.3, 0.4) is 0 Å². The van der Waals surface area contributed by atoms with Crippen molar-refractivity contribution in [3.63, 3.8) is 0 Å². The molecule has 0 aliphatic carbocycles. The second-order valence-corrected chi connectivity index (χ2v) is 25.7. The van der Waals surface area contributed by atoms with Gasteiger partial charge < -0.3 is 28.4 Å². The molecule has 4 aliphatic heterocycles. The zero-order valence-electron chi connectivity index (χ0n) is 42.9. The summed E-state index contributed by atoms with van der Waals surface area (Å²) >= 11 is 17.4. The molecule has 2 fully saturated rings. The lowest BCUT2D eigenvalue weighted by Gasteiger charge is -2.33. The van der Waals surface area contributed by atoms with Crippen LogP contribution in [0.15, 0.2) is 143 Å². The van der Waals surface area contributed by atoms with E-state index >= 15 is 19.2 Å². The van der Waals surface area contributed by atoms with Crippen molar-refractivity contribution < 1.29 is 57.2 Å². The molecule has 12 rings (SSSR count). The van der Waals surface area contributed by atoms with E-state index in [-0.39, 0.29) is 78.5 Å². The first-order chi connectivity index (χ1) is 39.8. The van der Waals surface area contributed by atoms with Crippen LogP contribution in [0.25, 0.3) is 28.9 Å². The van der Waals surface area contributed by atoms with Gasteiger partial charge in [-0.25, -0.2) is 29.2 Å². The SMILES string of the molecule is CCN1C(=O)C(=Nc2cc3c(s2)-c2sc4c5c(sc4c2C(C(=O)OCc2ccccc2)(C(=O)OCc2ccccc2)O3)-c2sc(N=C3SC(=S)N(CC)C3=O)cc2OC5(C(=O)OCc2ccccc2)C(=O)OCc2ccccc2)SC1=S. The zero-order chi connectivity index (χ0) is 56.9. The largest absolute Gasteiger partial charge is 0.458 e. The second-order valence-electron chi connectivity index (χ2n) is 18.3. The van der Waals surface area contributed by atoms with Crippen molar-refractivity contribution in [3.8, 4) is 31.0 Å². The van der Waals surface area contributed by atoms with Crippen molar-refractivity contribution >= 4 is 167 Å². The molecule has 412 valence electrons. The molecule has 16 nitrogen and oxygen atoms in total. The van der Waals surface area contributed by atoms with Gasteiger partial charge in [-0.3, -0.25) is 19.4 Å². The van der Waals surface area contributed by atoms with Gasteiger partial charge in [0.25, 0.3) is 11.8 Å². The number of benzene rings is 4. The molecule has 82 heavy (non-hydrogen) atoms. The number of carbonyl (C=O) groups is 6. The lowest BCUT2D eigenvalue weighted by atomic mass is 9.88. The summed E-state index contributed by atoms with van der Waals surface area (Å²) in [5.41, 5.74) is -3.10. The molecule has 0 N–H and O–H groups in total. The van der Waals surface area contributed by atoms with Gasteiger partial charge in [-0.2, -0.15) is 0 Å². The summed E-state index contributed by atoms with van der Waals surface area (Å²) in [5.74, 6) is -5.31. The van der Waals surface area contributed by atoms with Crippen molar-refractivity contribution in [1.29, 1.82) is 0 Å². The fourth-order valence-corrected chi connectivity index (χ4v) is 17.3. The molecule has 0 atom stereocenters. The summed E-state index contributed by atoms with van der Waals surface area (Å²) in [6.07, 6.45) is 0. The predicted octanol–water partition coefficient (Wildman–Crippen LogP) is 12.4. The van der Waals surface area contributed by atoms with Gasteiger partial charge in [0.2, 0.25) is 0 Å². The highest BCUT2D eigenvalue weighted by Crippen LogP contribution is 2.65. The highest BCUT2D eigenvalue weighted by molar-refractivity contribution is 8.35. The molecule has 8 aromatic rings. The topological polar surface area (TPSA) is 189 Å². The van der Waals surface area contributed by atoms with Gasteiger partial charge in [-0.05, 0) is 59.6 Å². The van der Waals surface area contributed by atoms with Crippen molar-refractivity contribution in [2.75, 3.05) is 13.1 Å². The smallest absolute Gasteiger partial charge is 0.367 e. The van der Waals surface area contributed by atoms with Gasteiger partial charge in [0, 0.05) is 25.2 Å². The molecule has 0 spiro atoms. The van der Waals surface area contributed by atoms with E-state index in [1.807, 2.05) is 24.3 Å². The number of esters is 4. The van der Waals surface area contributed by atoms with Gasteiger partial charge in [-0.1, -0.05) is 146 Å². The highest BCUT2D eigenvalue weighted by Gasteiger charge is 2.64. The van der Waals surface area contributed by atoms with Crippen LogP contribution in [0.2, 0.25) is 0 Å². The third-order valence-electron chi connectivity index (χ3n) is 13.3. The number of carbonyl (C=O) groups excluding carboxylic acids is 6. The van der Waals surface area contributed by atoms with Gasteiger partial charge in [-0.15, -0.1) is 45.3 Å². The van der Waals surface area contributed by atoms with E-state index in [1.54, 1.807) is 111 Å². The minimum atomic E-state index is -2.74. The molecule has 4 aromatic carbocycles. The van der Waals surface area contributed by atoms with Crippen LogP contribution in [0, 0.1) is 0 Å². The van der Waals surface area contributed by atoms with Crippen LogP contribution >= 0.6 is 93.3 Å². The molecule has 4 aliphatic rings. The molecule has 0 radical (unpaired) electrons. The maximum atomic E-state index is 15.6. The van der Waals surface area contributed by atoms with Gasteiger partial charge in [0.05, 0.1) is 40.0 Å². The summed E-state index contributed by atoms with van der Waals surface area (Å²) in [5, 5.41) is 0.738. The Bertz CT molecular complexity index is 3640. The third kappa shape index (κ3) is 9.82. The average molecular weight is 1240 g/mol. The number of hydrogen-bond donors (Lipinski definition) is 0. The van der Waals surface area contributed by atoms with Crippen molar-refractivity contribution in [2.45, 2.75) is 51.5 Å². The zero-order valence-corrected chi connectivity index (χ0v) is 49.4. The first-order valence-corrected chi connectivity index (χ1v) is 30.9. The van der Waals surface area contributed by atoms with Crippen LogP contribution in [-0.4, -0.2) is 77.3 Å². The van der Waals surface area contributed by atoms with E-state index in [9.17, 15) is 9.59 Å². The van der Waals surface area contributed by atoms with Gasteiger partial charge in [0.15, 0.2) is 10.1 Å². The molecule has 0 saturated carbocycles. The van der Waals surface area contributed by atoms with E-state index in [0.29, 0.717) is 63.5 Å². The number of fused-ring (bicyclic) bond motifs is 9. The molecule has 0 bridgehead atoms. The van der Waals surface area contributed by atoms with Crippen LogP contribution in [0.1, 0.15) is 47.2 Å². The Balaban J connectivity index is 1.11. The monoisotopic (exact) mass is 1240 g/mol. The van der Waals surface area contributed by atoms with E-state index in [2.05, 4.69) is 0 Å². The Morgan fingerprint density at radius 2 is 0.780 bits per heavy atom. The third-order valence-corrected chi connectivity index (χ3v) is 20.8. The maximum absolute atomic E-state index is 15.6. The number of aliphatic imine (C=N–C) groups is 2. The van der Waals surface area contributed by atoms with Gasteiger partial charge in [0.1, 0.15) is 56.6 Å².